The molecule has 0 spiro atoms. The highest BCUT2D eigenvalue weighted by atomic mass is 127. The van der Waals surface area contributed by atoms with Gasteiger partial charge in [-0.1, -0.05) is 0 Å². The van der Waals surface area contributed by atoms with E-state index in [9.17, 15) is 0 Å². The summed E-state index contributed by atoms with van der Waals surface area (Å²) in [6, 6.07) is 11.5. The van der Waals surface area contributed by atoms with Crippen LogP contribution in [0.4, 0.5) is 0 Å². The number of hydrogen-bond acceptors (Lipinski definition) is 4. The second kappa shape index (κ2) is 11.7. The number of benzene rings is 1. The molecule has 1 aromatic carbocycles. The van der Waals surface area contributed by atoms with E-state index in [1.54, 1.807) is 6.20 Å². The predicted molar refractivity (Wildman–Crippen MR) is 123 cm³/mol. The summed E-state index contributed by atoms with van der Waals surface area (Å²) in [4.78, 5) is 11.4. The van der Waals surface area contributed by atoms with Crippen LogP contribution in [0, 0.1) is 0 Å². The minimum atomic E-state index is 0. The zero-order valence-electron chi connectivity index (χ0n) is 16.6. The van der Waals surface area contributed by atoms with Crippen molar-refractivity contribution in [1.29, 1.82) is 0 Å². The van der Waals surface area contributed by atoms with Crippen LogP contribution in [-0.2, 0) is 6.54 Å². The second-order valence-electron chi connectivity index (χ2n) is 6.37. The molecule has 152 valence electrons. The molecule has 1 N–H and O–H groups in total. The summed E-state index contributed by atoms with van der Waals surface area (Å²) < 4.78 is 11.3. The van der Waals surface area contributed by atoms with Crippen molar-refractivity contribution in [3.8, 4) is 17.4 Å². The van der Waals surface area contributed by atoms with Crippen LogP contribution in [0.3, 0.4) is 0 Å². The highest BCUT2D eigenvalue weighted by molar-refractivity contribution is 14.0. The normalized spacial score (nSPS) is 13.8. The molecule has 0 atom stereocenters. The molecule has 2 aromatic rings. The highest BCUT2D eigenvalue weighted by Crippen LogP contribution is 2.23. The minimum absolute atomic E-state index is 0. The smallest absolute Gasteiger partial charge is 0.219 e. The lowest BCUT2D eigenvalue weighted by Gasteiger charge is -2.20. The Morgan fingerprint density at radius 2 is 1.82 bits per heavy atom. The van der Waals surface area contributed by atoms with Crippen LogP contribution in [0.15, 0.2) is 47.6 Å². The molecule has 0 amide bonds. The standard InChI is InChI=1S/C21H28N4O2.HI/c1-3-22-21(25-13-5-6-14-25)24-16-17-11-12-23-20(15-17)27-19-9-7-18(8-10-19)26-4-2;/h7-12,15H,3-6,13-14,16H2,1-2H3,(H,22,24);1H. The largest absolute Gasteiger partial charge is 0.494 e. The molecular weight excluding hydrogens is 467 g/mol. The molecule has 1 aliphatic rings. The van der Waals surface area contributed by atoms with Crippen molar-refractivity contribution in [2.45, 2.75) is 33.2 Å². The number of likely N-dealkylation sites (tertiary alicyclic amines) is 1. The molecular formula is C21H29IN4O2. The molecule has 0 bridgehead atoms. The number of ether oxygens (including phenoxy) is 2. The van der Waals surface area contributed by atoms with Gasteiger partial charge in [-0.05, 0) is 62.6 Å². The van der Waals surface area contributed by atoms with Gasteiger partial charge < -0.3 is 19.7 Å². The third-order valence-electron chi connectivity index (χ3n) is 4.31. The summed E-state index contributed by atoms with van der Waals surface area (Å²) in [5.74, 6) is 3.12. The zero-order chi connectivity index (χ0) is 18.9. The van der Waals surface area contributed by atoms with E-state index in [4.69, 9.17) is 14.5 Å². The Morgan fingerprint density at radius 1 is 1.11 bits per heavy atom. The SMILES string of the molecule is CCNC(=NCc1ccnc(Oc2ccc(OCC)cc2)c1)N1CCCC1.I. The monoisotopic (exact) mass is 496 g/mol. The van der Waals surface area contributed by atoms with E-state index in [1.807, 2.05) is 43.3 Å². The fourth-order valence-electron chi connectivity index (χ4n) is 3.02. The van der Waals surface area contributed by atoms with E-state index in [2.05, 4.69) is 22.1 Å². The molecule has 3 rings (SSSR count). The Morgan fingerprint density at radius 3 is 2.50 bits per heavy atom. The molecule has 7 heteroatoms. The maximum absolute atomic E-state index is 5.87. The lowest BCUT2D eigenvalue weighted by atomic mass is 10.2. The van der Waals surface area contributed by atoms with Gasteiger partial charge in [0.15, 0.2) is 5.96 Å². The van der Waals surface area contributed by atoms with Crippen LogP contribution in [-0.4, -0.2) is 42.1 Å². The van der Waals surface area contributed by atoms with Gasteiger partial charge in [-0.3, -0.25) is 0 Å². The van der Waals surface area contributed by atoms with Crippen LogP contribution < -0.4 is 14.8 Å². The van der Waals surface area contributed by atoms with Gasteiger partial charge in [0.05, 0.1) is 13.2 Å². The summed E-state index contributed by atoms with van der Waals surface area (Å²) in [5, 5.41) is 3.38. The average molecular weight is 496 g/mol. The molecule has 0 aliphatic carbocycles. The molecule has 1 aliphatic heterocycles. The third-order valence-corrected chi connectivity index (χ3v) is 4.31. The molecule has 0 saturated carbocycles. The van der Waals surface area contributed by atoms with E-state index in [1.165, 1.54) is 12.8 Å². The Labute approximate surface area is 184 Å². The Balaban J connectivity index is 0.00000280. The summed E-state index contributed by atoms with van der Waals surface area (Å²) in [6.45, 7) is 8.34. The number of nitrogens with one attached hydrogen (secondary N) is 1. The summed E-state index contributed by atoms with van der Waals surface area (Å²) in [7, 11) is 0. The number of rotatable bonds is 7. The lowest BCUT2D eigenvalue weighted by Crippen LogP contribution is -2.39. The summed E-state index contributed by atoms with van der Waals surface area (Å²) >= 11 is 0. The molecule has 1 fully saturated rings. The Bertz CT molecular complexity index is 746. The van der Waals surface area contributed by atoms with Gasteiger partial charge in [0.1, 0.15) is 11.5 Å². The van der Waals surface area contributed by atoms with Gasteiger partial charge in [0.25, 0.3) is 0 Å². The first-order valence-corrected chi connectivity index (χ1v) is 9.67. The summed E-state index contributed by atoms with van der Waals surface area (Å²) in [6.07, 6.45) is 4.23. The van der Waals surface area contributed by atoms with Crippen molar-refractivity contribution < 1.29 is 9.47 Å². The van der Waals surface area contributed by atoms with Crippen molar-refractivity contribution in [1.82, 2.24) is 15.2 Å². The minimum Gasteiger partial charge on any atom is -0.494 e. The molecule has 0 unspecified atom stereocenters. The first-order valence-electron chi connectivity index (χ1n) is 9.67. The number of hydrogen-bond donors (Lipinski definition) is 1. The number of guanidine groups is 1. The fourth-order valence-corrected chi connectivity index (χ4v) is 3.02. The van der Waals surface area contributed by atoms with Gasteiger partial charge in [-0.15, -0.1) is 24.0 Å². The second-order valence-corrected chi connectivity index (χ2v) is 6.37. The Kier molecular flexibility index (Phi) is 9.33. The van der Waals surface area contributed by atoms with Crippen molar-refractivity contribution in [2.24, 2.45) is 4.99 Å². The predicted octanol–water partition coefficient (Wildman–Crippen LogP) is 4.45. The molecule has 0 radical (unpaired) electrons. The first-order chi connectivity index (χ1) is 13.3. The topological polar surface area (TPSA) is 59.0 Å². The van der Waals surface area contributed by atoms with Gasteiger partial charge in [-0.25, -0.2) is 9.98 Å². The van der Waals surface area contributed by atoms with Crippen molar-refractivity contribution >= 4 is 29.9 Å². The molecule has 6 nitrogen and oxygen atoms in total. The molecule has 2 heterocycles. The van der Waals surface area contributed by atoms with Crippen LogP contribution in [0.2, 0.25) is 0 Å². The van der Waals surface area contributed by atoms with E-state index < -0.39 is 0 Å². The van der Waals surface area contributed by atoms with Crippen molar-refractivity contribution in [3.05, 3.63) is 48.2 Å². The quantitative estimate of drug-likeness (QED) is 0.349. The van der Waals surface area contributed by atoms with Gasteiger partial charge in [-0.2, -0.15) is 0 Å². The van der Waals surface area contributed by atoms with Gasteiger partial charge >= 0.3 is 0 Å². The van der Waals surface area contributed by atoms with Crippen molar-refractivity contribution in [2.75, 3.05) is 26.2 Å². The third kappa shape index (κ3) is 6.54. The van der Waals surface area contributed by atoms with Crippen molar-refractivity contribution in [3.63, 3.8) is 0 Å². The summed E-state index contributed by atoms with van der Waals surface area (Å²) in [5.41, 5.74) is 1.07. The maximum atomic E-state index is 5.87. The Hall–Kier alpha value is -2.03. The molecule has 1 saturated heterocycles. The van der Waals surface area contributed by atoms with E-state index >= 15 is 0 Å². The van der Waals surface area contributed by atoms with Crippen LogP contribution in [0.5, 0.6) is 17.4 Å². The molecule has 28 heavy (non-hydrogen) atoms. The number of nitrogens with zero attached hydrogens (tertiary/aromatic N) is 3. The van der Waals surface area contributed by atoms with E-state index in [-0.39, 0.29) is 24.0 Å². The first kappa shape index (κ1) is 22.3. The van der Waals surface area contributed by atoms with Crippen LogP contribution in [0.1, 0.15) is 32.3 Å². The lowest BCUT2D eigenvalue weighted by molar-refractivity contribution is 0.339. The number of halogens is 1. The zero-order valence-corrected chi connectivity index (χ0v) is 18.9. The number of aromatic nitrogens is 1. The van der Waals surface area contributed by atoms with Gasteiger partial charge in [0.2, 0.25) is 5.88 Å². The average Bonchev–Trinajstić information content (AvgIpc) is 3.22. The maximum Gasteiger partial charge on any atom is 0.219 e. The highest BCUT2D eigenvalue weighted by Gasteiger charge is 2.15. The number of aliphatic imine (C=N–C) groups is 1. The van der Waals surface area contributed by atoms with E-state index in [0.717, 1.165) is 42.7 Å². The van der Waals surface area contributed by atoms with Crippen LogP contribution in [0.25, 0.3) is 0 Å². The van der Waals surface area contributed by atoms with E-state index in [0.29, 0.717) is 19.0 Å². The number of pyridine rings is 1. The fraction of sp³-hybridized carbons (Fsp3) is 0.429. The van der Waals surface area contributed by atoms with Crippen LogP contribution >= 0.6 is 24.0 Å². The van der Waals surface area contributed by atoms with Gasteiger partial charge in [0, 0.05) is 31.9 Å². The molecule has 1 aromatic heterocycles.